The van der Waals surface area contributed by atoms with Crippen molar-refractivity contribution in [2.75, 3.05) is 32.0 Å². The summed E-state index contributed by atoms with van der Waals surface area (Å²) in [4.78, 5) is 12.1. The lowest BCUT2D eigenvalue weighted by Gasteiger charge is -2.30. The van der Waals surface area contributed by atoms with Crippen LogP contribution in [0.25, 0.3) is 0 Å². The normalized spacial score (nSPS) is 19.8. The van der Waals surface area contributed by atoms with Gasteiger partial charge in [-0.15, -0.1) is 0 Å². The van der Waals surface area contributed by atoms with E-state index in [1.54, 1.807) is 0 Å². The molecule has 2 rings (SSSR count). The fraction of sp³-hybridized carbons (Fsp3) is 0.538. The summed E-state index contributed by atoms with van der Waals surface area (Å²) in [7, 11) is -1.98. The van der Waals surface area contributed by atoms with Gasteiger partial charge in [-0.25, -0.2) is 13.6 Å². The number of sulfonamides is 1. The monoisotopic (exact) mass is 328 g/mol. The van der Waals surface area contributed by atoms with E-state index in [-0.39, 0.29) is 10.6 Å². The Morgan fingerprint density at radius 1 is 1.50 bits per heavy atom. The number of benzene rings is 1. The van der Waals surface area contributed by atoms with Crippen molar-refractivity contribution in [3.63, 3.8) is 0 Å². The Morgan fingerprint density at radius 3 is 2.82 bits per heavy atom. The molecule has 1 saturated heterocycles. The smallest absolute Gasteiger partial charge is 0.270 e. The topological polar surface area (TPSA) is 119 Å². The van der Waals surface area contributed by atoms with Gasteiger partial charge in [-0.3, -0.25) is 10.1 Å². The Morgan fingerprint density at radius 2 is 2.23 bits per heavy atom. The average Bonchev–Trinajstić information content (AvgIpc) is 2.44. The van der Waals surface area contributed by atoms with Crippen molar-refractivity contribution >= 4 is 21.4 Å². The van der Waals surface area contributed by atoms with E-state index in [4.69, 9.17) is 5.14 Å². The second-order valence-electron chi connectivity index (χ2n) is 5.63. The number of nitrogens with one attached hydrogen (secondary N) is 1. The minimum atomic E-state index is -4.03. The number of hydrogen-bond donors (Lipinski definition) is 2. The van der Waals surface area contributed by atoms with Gasteiger partial charge in [0.15, 0.2) is 0 Å². The zero-order chi connectivity index (χ0) is 16.3. The molecule has 1 aliphatic rings. The summed E-state index contributed by atoms with van der Waals surface area (Å²) in [6, 6.07) is 3.65. The lowest BCUT2D eigenvalue weighted by atomic mass is 9.98. The fourth-order valence-electron chi connectivity index (χ4n) is 2.70. The van der Waals surface area contributed by atoms with Gasteiger partial charge >= 0.3 is 0 Å². The lowest BCUT2D eigenvalue weighted by Crippen LogP contribution is -2.35. The number of likely N-dealkylation sites (tertiary alicyclic amines) is 1. The second-order valence-corrected chi connectivity index (χ2v) is 7.16. The summed E-state index contributed by atoms with van der Waals surface area (Å²) in [5.41, 5.74) is 0.00769. The summed E-state index contributed by atoms with van der Waals surface area (Å²) in [5, 5.41) is 19.0. The van der Waals surface area contributed by atoms with Crippen LogP contribution in [0.3, 0.4) is 0 Å². The van der Waals surface area contributed by atoms with Crippen LogP contribution in [0.15, 0.2) is 23.1 Å². The number of nitrogens with zero attached hydrogens (tertiary/aromatic N) is 2. The van der Waals surface area contributed by atoms with Gasteiger partial charge in [-0.05, 0) is 38.4 Å². The number of non-ortho nitro benzene ring substituents is 1. The second kappa shape index (κ2) is 6.59. The molecule has 0 saturated carbocycles. The van der Waals surface area contributed by atoms with Crippen LogP contribution in [0.2, 0.25) is 0 Å². The summed E-state index contributed by atoms with van der Waals surface area (Å²) >= 11 is 0. The van der Waals surface area contributed by atoms with Gasteiger partial charge in [0, 0.05) is 25.2 Å². The first-order chi connectivity index (χ1) is 10.3. The van der Waals surface area contributed by atoms with Gasteiger partial charge in [0.1, 0.15) is 4.90 Å². The van der Waals surface area contributed by atoms with Crippen molar-refractivity contribution in [1.29, 1.82) is 0 Å². The highest BCUT2D eigenvalue weighted by molar-refractivity contribution is 7.89. The molecule has 8 nitrogen and oxygen atoms in total. The van der Waals surface area contributed by atoms with E-state index in [2.05, 4.69) is 10.2 Å². The van der Waals surface area contributed by atoms with E-state index in [0.717, 1.165) is 32.0 Å². The lowest BCUT2D eigenvalue weighted by molar-refractivity contribution is -0.385. The molecule has 0 radical (unpaired) electrons. The van der Waals surface area contributed by atoms with Crippen molar-refractivity contribution in [2.45, 2.75) is 17.7 Å². The molecule has 9 heteroatoms. The Kier molecular flexibility index (Phi) is 4.99. The molecule has 1 aromatic carbocycles. The molecule has 1 heterocycles. The third kappa shape index (κ3) is 4.15. The molecule has 0 aromatic heterocycles. The number of anilines is 1. The maximum Gasteiger partial charge on any atom is 0.270 e. The largest absolute Gasteiger partial charge is 0.384 e. The van der Waals surface area contributed by atoms with E-state index >= 15 is 0 Å². The number of piperidine rings is 1. The number of nitro benzene ring substituents is 1. The highest BCUT2D eigenvalue weighted by Gasteiger charge is 2.21. The van der Waals surface area contributed by atoms with Crippen molar-refractivity contribution in [3.8, 4) is 0 Å². The van der Waals surface area contributed by atoms with E-state index in [9.17, 15) is 18.5 Å². The highest BCUT2D eigenvalue weighted by Crippen LogP contribution is 2.26. The molecule has 3 N–H and O–H groups in total. The Balaban J connectivity index is 2.17. The minimum absolute atomic E-state index is 0.245. The molecule has 0 amide bonds. The zero-order valence-electron chi connectivity index (χ0n) is 12.4. The van der Waals surface area contributed by atoms with Crippen LogP contribution in [0.4, 0.5) is 11.4 Å². The summed E-state index contributed by atoms with van der Waals surface area (Å²) in [5.74, 6) is 0.405. The average molecular weight is 328 g/mol. The van der Waals surface area contributed by atoms with E-state index in [0.29, 0.717) is 18.2 Å². The van der Waals surface area contributed by atoms with Crippen LogP contribution in [-0.4, -0.2) is 44.9 Å². The number of hydrogen-bond acceptors (Lipinski definition) is 6. The molecule has 1 atom stereocenters. The van der Waals surface area contributed by atoms with Gasteiger partial charge in [-0.2, -0.15) is 0 Å². The molecule has 0 bridgehead atoms. The maximum absolute atomic E-state index is 11.6. The molecule has 0 aliphatic carbocycles. The standard InChI is InChI=1S/C13H20N4O4S/c1-16-6-2-3-10(9-16)8-15-12-5-4-11(17(18)19)7-13(12)22(14,20)21/h4-5,7,10,15H,2-3,6,8-9H2,1H3,(H2,14,20,21). The van der Waals surface area contributed by atoms with Crippen molar-refractivity contribution < 1.29 is 13.3 Å². The Hall–Kier alpha value is -1.71. The van der Waals surface area contributed by atoms with Gasteiger partial charge in [0.05, 0.1) is 10.6 Å². The Bertz CT molecular complexity index is 662. The predicted octanol–water partition coefficient (Wildman–Crippen LogP) is 0.996. The van der Waals surface area contributed by atoms with Crippen molar-refractivity contribution in [2.24, 2.45) is 11.1 Å². The van der Waals surface area contributed by atoms with Crippen LogP contribution in [0.1, 0.15) is 12.8 Å². The zero-order valence-corrected chi connectivity index (χ0v) is 13.2. The molecule has 1 aromatic rings. The van der Waals surface area contributed by atoms with Gasteiger partial charge in [0.2, 0.25) is 10.0 Å². The minimum Gasteiger partial charge on any atom is -0.384 e. The predicted molar refractivity (Wildman–Crippen MR) is 83.2 cm³/mol. The molecule has 22 heavy (non-hydrogen) atoms. The van der Waals surface area contributed by atoms with Crippen LogP contribution in [-0.2, 0) is 10.0 Å². The molecule has 122 valence electrons. The van der Waals surface area contributed by atoms with E-state index < -0.39 is 14.9 Å². The quantitative estimate of drug-likeness (QED) is 0.615. The van der Waals surface area contributed by atoms with Crippen LogP contribution in [0, 0.1) is 16.0 Å². The van der Waals surface area contributed by atoms with Gasteiger partial charge in [0.25, 0.3) is 5.69 Å². The molecule has 1 unspecified atom stereocenters. The first kappa shape index (κ1) is 16.7. The highest BCUT2D eigenvalue weighted by atomic mass is 32.2. The van der Waals surface area contributed by atoms with E-state index in [1.165, 1.54) is 12.1 Å². The molecular weight excluding hydrogens is 308 g/mol. The van der Waals surface area contributed by atoms with Crippen LogP contribution >= 0.6 is 0 Å². The summed E-state index contributed by atoms with van der Waals surface area (Å²) in [6.45, 7) is 2.60. The SMILES string of the molecule is CN1CCCC(CNc2ccc([N+](=O)[O-])cc2S(N)(=O)=O)C1. The maximum atomic E-state index is 11.6. The van der Waals surface area contributed by atoms with Gasteiger partial charge in [-0.1, -0.05) is 0 Å². The molecule has 0 spiro atoms. The van der Waals surface area contributed by atoms with Crippen LogP contribution < -0.4 is 10.5 Å². The third-order valence-corrected chi connectivity index (χ3v) is 4.74. The first-order valence-electron chi connectivity index (χ1n) is 7.01. The summed E-state index contributed by atoms with van der Waals surface area (Å²) in [6.07, 6.45) is 2.17. The summed E-state index contributed by atoms with van der Waals surface area (Å²) < 4.78 is 23.3. The van der Waals surface area contributed by atoms with Crippen LogP contribution in [0.5, 0.6) is 0 Å². The van der Waals surface area contributed by atoms with Gasteiger partial charge < -0.3 is 10.2 Å². The molecule has 1 fully saturated rings. The first-order valence-corrected chi connectivity index (χ1v) is 8.55. The Labute approximate surface area is 129 Å². The fourth-order valence-corrected chi connectivity index (χ4v) is 3.43. The number of rotatable bonds is 5. The third-order valence-electron chi connectivity index (χ3n) is 3.79. The number of nitro groups is 1. The number of primary sulfonamides is 1. The molecule has 1 aliphatic heterocycles. The van der Waals surface area contributed by atoms with Crippen molar-refractivity contribution in [3.05, 3.63) is 28.3 Å². The van der Waals surface area contributed by atoms with Crippen molar-refractivity contribution in [1.82, 2.24) is 4.90 Å². The van der Waals surface area contributed by atoms with E-state index in [1.807, 2.05) is 7.05 Å². The molecular formula is C13H20N4O4S. The number of nitrogens with two attached hydrogens (primary N) is 1.